The molecule has 39 heavy (non-hydrogen) atoms. The molecule has 0 spiro atoms. The molecule has 0 atom stereocenters. The number of nitrogens with one attached hydrogen (secondary N) is 2. The smallest absolute Gasteiger partial charge is 0.243 e. The largest absolute Gasteiger partial charge is 0.487 e. The molecule has 3 aromatic carbocycles. The van der Waals surface area contributed by atoms with E-state index in [1.807, 2.05) is 25.1 Å². The number of rotatable bonds is 11. The SMILES string of the molecule is C=CC(=O)NCCC(=O)N(CC)c1ccc2ncnc(Nc3ccc(OCc4cccc(F)c4)c(Cl)c3)c2c1. The van der Waals surface area contributed by atoms with Crippen molar-refractivity contribution in [3.63, 3.8) is 0 Å². The van der Waals surface area contributed by atoms with Gasteiger partial charge in [0.05, 0.1) is 10.5 Å². The summed E-state index contributed by atoms with van der Waals surface area (Å²) in [7, 11) is 0. The molecule has 0 fully saturated rings. The van der Waals surface area contributed by atoms with Gasteiger partial charge in [-0.3, -0.25) is 9.59 Å². The van der Waals surface area contributed by atoms with Crippen LogP contribution in [0.15, 0.2) is 79.6 Å². The predicted octanol–water partition coefficient (Wildman–Crippen LogP) is 5.79. The molecule has 0 radical (unpaired) electrons. The highest BCUT2D eigenvalue weighted by Gasteiger charge is 2.16. The van der Waals surface area contributed by atoms with Crippen molar-refractivity contribution in [1.82, 2.24) is 15.3 Å². The van der Waals surface area contributed by atoms with Gasteiger partial charge in [0.25, 0.3) is 0 Å². The van der Waals surface area contributed by atoms with E-state index in [4.69, 9.17) is 16.3 Å². The fourth-order valence-electron chi connectivity index (χ4n) is 3.94. The van der Waals surface area contributed by atoms with Gasteiger partial charge in [-0.15, -0.1) is 0 Å². The average molecular weight is 548 g/mol. The van der Waals surface area contributed by atoms with Gasteiger partial charge in [-0.1, -0.05) is 30.3 Å². The second-order valence-electron chi connectivity index (χ2n) is 8.50. The quantitative estimate of drug-likeness (QED) is 0.231. The number of halogens is 2. The first-order chi connectivity index (χ1) is 18.9. The Morgan fingerprint density at radius 3 is 2.72 bits per heavy atom. The maximum absolute atomic E-state index is 13.4. The number of carbonyl (C=O) groups excluding carboxylic acids is 2. The molecule has 0 aliphatic carbocycles. The van der Waals surface area contributed by atoms with Crippen LogP contribution in [0.25, 0.3) is 10.9 Å². The van der Waals surface area contributed by atoms with Crippen LogP contribution in [0.5, 0.6) is 5.75 Å². The van der Waals surface area contributed by atoms with E-state index >= 15 is 0 Å². The highest BCUT2D eigenvalue weighted by molar-refractivity contribution is 6.32. The zero-order chi connectivity index (χ0) is 27.8. The Morgan fingerprint density at radius 2 is 1.97 bits per heavy atom. The topological polar surface area (TPSA) is 96.5 Å². The molecular formula is C29H27ClFN5O3. The third-order valence-electron chi connectivity index (χ3n) is 5.85. The molecule has 0 saturated carbocycles. The lowest BCUT2D eigenvalue weighted by molar-refractivity contribution is -0.119. The molecule has 2 N–H and O–H groups in total. The summed E-state index contributed by atoms with van der Waals surface area (Å²) in [5.74, 6) is 0.213. The second-order valence-corrected chi connectivity index (χ2v) is 8.90. The van der Waals surface area contributed by atoms with Gasteiger partial charge in [0, 0.05) is 36.3 Å². The number of hydrogen-bond acceptors (Lipinski definition) is 6. The van der Waals surface area contributed by atoms with Crippen molar-refractivity contribution >= 4 is 51.5 Å². The number of carbonyl (C=O) groups is 2. The number of benzene rings is 3. The maximum Gasteiger partial charge on any atom is 0.243 e. The monoisotopic (exact) mass is 547 g/mol. The molecule has 10 heteroatoms. The van der Waals surface area contributed by atoms with Gasteiger partial charge in [-0.05, 0) is 67.1 Å². The summed E-state index contributed by atoms with van der Waals surface area (Å²) in [4.78, 5) is 34.6. The number of hydrogen-bond donors (Lipinski definition) is 2. The Kier molecular flexibility index (Phi) is 9.06. The molecule has 1 heterocycles. The van der Waals surface area contributed by atoms with E-state index in [9.17, 15) is 14.0 Å². The van der Waals surface area contributed by atoms with Crippen molar-refractivity contribution in [2.45, 2.75) is 20.0 Å². The number of aromatic nitrogens is 2. The maximum atomic E-state index is 13.4. The first-order valence-electron chi connectivity index (χ1n) is 12.3. The fourth-order valence-corrected chi connectivity index (χ4v) is 4.17. The second kappa shape index (κ2) is 12.8. The third kappa shape index (κ3) is 7.08. The molecular weight excluding hydrogens is 521 g/mol. The van der Waals surface area contributed by atoms with Crippen LogP contribution in [0.4, 0.5) is 21.6 Å². The summed E-state index contributed by atoms with van der Waals surface area (Å²) in [5, 5.41) is 6.97. The lowest BCUT2D eigenvalue weighted by atomic mass is 10.1. The Balaban J connectivity index is 1.50. The van der Waals surface area contributed by atoms with Crippen LogP contribution in [0.2, 0.25) is 5.02 Å². The Bertz CT molecular complexity index is 1510. The van der Waals surface area contributed by atoms with Gasteiger partial charge >= 0.3 is 0 Å². The summed E-state index contributed by atoms with van der Waals surface area (Å²) in [6, 6.07) is 16.9. The van der Waals surface area contributed by atoms with Gasteiger partial charge < -0.3 is 20.3 Å². The van der Waals surface area contributed by atoms with Gasteiger partial charge in [0.15, 0.2) is 0 Å². The number of anilines is 3. The van der Waals surface area contributed by atoms with Crippen molar-refractivity contribution in [3.05, 3.63) is 96.0 Å². The van der Waals surface area contributed by atoms with E-state index < -0.39 is 0 Å². The van der Waals surface area contributed by atoms with Gasteiger partial charge in [0.2, 0.25) is 11.8 Å². The van der Waals surface area contributed by atoms with Crippen LogP contribution in [0.3, 0.4) is 0 Å². The Morgan fingerprint density at radius 1 is 1.13 bits per heavy atom. The Hall–Kier alpha value is -4.50. The molecule has 2 amide bonds. The van der Waals surface area contributed by atoms with Gasteiger partial charge in [0.1, 0.15) is 30.3 Å². The zero-order valence-corrected chi connectivity index (χ0v) is 22.0. The molecule has 0 unspecified atom stereocenters. The summed E-state index contributed by atoms with van der Waals surface area (Å²) in [6.07, 6.45) is 2.77. The number of fused-ring (bicyclic) bond motifs is 1. The molecule has 200 valence electrons. The van der Waals surface area contributed by atoms with Crippen molar-refractivity contribution in [2.24, 2.45) is 0 Å². The molecule has 0 saturated heterocycles. The normalized spacial score (nSPS) is 10.6. The minimum atomic E-state index is -0.328. The van der Waals surface area contributed by atoms with Crippen LogP contribution in [0, 0.1) is 5.82 Å². The molecule has 0 aliphatic rings. The molecule has 8 nitrogen and oxygen atoms in total. The third-order valence-corrected chi connectivity index (χ3v) is 6.14. The molecule has 4 aromatic rings. The first kappa shape index (κ1) is 27.5. The number of ether oxygens (including phenoxy) is 1. The van der Waals surface area contributed by atoms with Crippen molar-refractivity contribution in [3.8, 4) is 5.75 Å². The van der Waals surface area contributed by atoms with E-state index in [1.54, 1.807) is 35.2 Å². The summed E-state index contributed by atoms with van der Waals surface area (Å²) < 4.78 is 19.2. The molecule has 0 aliphatic heterocycles. The van der Waals surface area contributed by atoms with Crippen LogP contribution in [0.1, 0.15) is 18.9 Å². The first-order valence-corrected chi connectivity index (χ1v) is 12.6. The van der Waals surface area contributed by atoms with E-state index in [-0.39, 0.29) is 37.2 Å². The number of nitrogens with zero attached hydrogens (tertiary/aromatic N) is 3. The van der Waals surface area contributed by atoms with Crippen LogP contribution >= 0.6 is 11.6 Å². The van der Waals surface area contributed by atoms with Gasteiger partial charge in [-0.25, -0.2) is 14.4 Å². The highest BCUT2D eigenvalue weighted by atomic mass is 35.5. The average Bonchev–Trinajstić information content (AvgIpc) is 2.93. The van der Waals surface area contributed by atoms with Gasteiger partial charge in [-0.2, -0.15) is 0 Å². The minimum Gasteiger partial charge on any atom is -0.487 e. The summed E-state index contributed by atoms with van der Waals surface area (Å²) in [6.45, 7) is 6.12. The molecule has 0 bridgehead atoms. The van der Waals surface area contributed by atoms with Crippen LogP contribution in [-0.4, -0.2) is 34.9 Å². The van der Waals surface area contributed by atoms with E-state index in [1.165, 1.54) is 24.5 Å². The highest BCUT2D eigenvalue weighted by Crippen LogP contribution is 2.32. The molecule has 1 aromatic heterocycles. The van der Waals surface area contributed by atoms with E-state index in [2.05, 4.69) is 27.2 Å². The fraction of sp³-hybridized carbons (Fsp3) is 0.172. The predicted molar refractivity (Wildman–Crippen MR) is 151 cm³/mol. The lowest BCUT2D eigenvalue weighted by Crippen LogP contribution is -2.34. The Labute approximate surface area is 230 Å². The van der Waals surface area contributed by atoms with E-state index in [0.717, 1.165) is 0 Å². The lowest BCUT2D eigenvalue weighted by Gasteiger charge is -2.22. The molecule has 4 rings (SSSR count). The van der Waals surface area contributed by atoms with Crippen molar-refractivity contribution in [1.29, 1.82) is 0 Å². The van der Waals surface area contributed by atoms with Crippen LogP contribution in [-0.2, 0) is 16.2 Å². The summed E-state index contributed by atoms with van der Waals surface area (Å²) in [5.41, 5.74) is 2.74. The standard InChI is InChI=1S/C29H27ClFN5O3/c1-3-27(37)32-13-12-28(38)36(4-2)22-9-10-25-23(16-22)29(34-18-33-25)35-21-8-11-26(24(30)15-21)39-17-19-6-5-7-20(31)14-19/h3,5-11,14-16,18H,1,4,12-13,17H2,2H3,(H,32,37)(H,33,34,35). The van der Waals surface area contributed by atoms with Crippen molar-refractivity contribution < 1.29 is 18.7 Å². The summed E-state index contributed by atoms with van der Waals surface area (Å²) >= 11 is 6.45. The number of amides is 2. The van der Waals surface area contributed by atoms with E-state index in [0.29, 0.717) is 51.0 Å². The zero-order valence-electron chi connectivity index (χ0n) is 21.3. The van der Waals surface area contributed by atoms with Crippen molar-refractivity contribution in [2.75, 3.05) is 23.3 Å². The minimum absolute atomic E-state index is 0.131. The van der Waals surface area contributed by atoms with Crippen LogP contribution < -0.4 is 20.3 Å².